The van der Waals surface area contributed by atoms with E-state index in [2.05, 4.69) is 15.1 Å². The van der Waals surface area contributed by atoms with Gasteiger partial charge in [0.05, 0.1) is 23.6 Å². The molecule has 1 aromatic heterocycles. The van der Waals surface area contributed by atoms with Crippen molar-refractivity contribution in [3.8, 4) is 0 Å². The van der Waals surface area contributed by atoms with Gasteiger partial charge in [0, 0.05) is 77.6 Å². The van der Waals surface area contributed by atoms with Gasteiger partial charge in [-0.1, -0.05) is 30.3 Å². The van der Waals surface area contributed by atoms with Crippen LogP contribution in [0.25, 0.3) is 11.0 Å². The Labute approximate surface area is 267 Å². The van der Waals surface area contributed by atoms with Crippen LogP contribution in [0.15, 0.2) is 53.3 Å². The summed E-state index contributed by atoms with van der Waals surface area (Å²) in [7, 11) is 1.71. The SMILES string of the molecule is Cn1c(=O)n(C2CCC(=O)NC2=O)c2ccc(N3CCN(C4CCN(C5CCN(Cc6ccccc6)CC5(F)F)CC4)CC3)cc21. The number of aromatic nitrogens is 2. The summed E-state index contributed by atoms with van der Waals surface area (Å²) >= 11 is 0. The first-order chi connectivity index (χ1) is 22.2. The normalized spacial score (nSPS) is 25.7. The standard InChI is InChI=1S/C34H43F2N7O3/c1-38-29-21-26(7-8-27(29)43(33(38)46)28-9-10-31(44)37-32(28)45)41-19-17-40(18-20-41)25-11-15-42(16-12-25)30-13-14-39(23-34(30,35)36)22-24-5-3-2-4-6-24/h2-8,21,25,28,30H,9-20,22-23H2,1H3,(H,37,44,45). The van der Waals surface area contributed by atoms with Gasteiger partial charge in [-0.05, 0) is 49.4 Å². The molecule has 0 radical (unpaired) electrons. The molecular formula is C34H43F2N7O3. The van der Waals surface area contributed by atoms with Crippen LogP contribution in [0.4, 0.5) is 14.5 Å². The molecule has 0 saturated carbocycles. The van der Waals surface area contributed by atoms with Gasteiger partial charge in [0.25, 0.3) is 5.92 Å². The Bertz CT molecular complexity index is 1640. The van der Waals surface area contributed by atoms with E-state index < -0.39 is 23.9 Å². The van der Waals surface area contributed by atoms with E-state index in [0.717, 1.165) is 55.8 Å². The number of carbonyl (C=O) groups is 2. The molecule has 2 atom stereocenters. The number of halogens is 2. The molecule has 246 valence electrons. The predicted octanol–water partition coefficient (Wildman–Crippen LogP) is 2.81. The molecule has 1 N–H and O–H groups in total. The van der Waals surface area contributed by atoms with Crippen LogP contribution >= 0.6 is 0 Å². The third-order valence-corrected chi connectivity index (χ3v) is 10.6. The number of anilines is 1. The molecule has 4 saturated heterocycles. The first kappa shape index (κ1) is 31.0. The summed E-state index contributed by atoms with van der Waals surface area (Å²) < 4.78 is 33.9. The molecule has 2 amide bonds. The van der Waals surface area contributed by atoms with Crippen LogP contribution in [-0.2, 0) is 23.2 Å². The summed E-state index contributed by atoms with van der Waals surface area (Å²) in [5.41, 5.74) is 3.27. The van der Waals surface area contributed by atoms with E-state index in [1.54, 1.807) is 11.6 Å². The lowest BCUT2D eigenvalue weighted by molar-refractivity contribution is -0.136. The minimum atomic E-state index is -2.72. The third kappa shape index (κ3) is 5.98. The minimum absolute atomic E-state index is 0.184. The number of fused-ring (bicyclic) bond motifs is 1. The Kier molecular flexibility index (Phi) is 8.45. The number of alkyl halides is 2. The molecule has 7 rings (SSSR count). The number of rotatable bonds is 6. The molecule has 0 spiro atoms. The van der Waals surface area contributed by atoms with Crippen LogP contribution in [-0.4, -0.2) is 106 Å². The number of hydrogen-bond acceptors (Lipinski definition) is 7. The van der Waals surface area contributed by atoms with Gasteiger partial charge in [-0.3, -0.25) is 38.7 Å². The van der Waals surface area contributed by atoms with Crippen molar-refractivity contribution < 1.29 is 18.4 Å². The molecule has 4 aliphatic rings. The molecule has 4 fully saturated rings. The lowest BCUT2D eigenvalue weighted by Crippen LogP contribution is -2.61. The van der Waals surface area contributed by atoms with Crippen molar-refractivity contribution in [1.29, 1.82) is 0 Å². The number of piperidine rings is 3. The molecule has 3 aromatic rings. The highest BCUT2D eigenvalue weighted by atomic mass is 19.3. The molecule has 0 aliphatic carbocycles. The average molecular weight is 636 g/mol. The zero-order valence-corrected chi connectivity index (χ0v) is 26.4. The maximum Gasteiger partial charge on any atom is 0.329 e. The number of nitrogens with zero attached hydrogens (tertiary/aromatic N) is 6. The summed E-state index contributed by atoms with van der Waals surface area (Å²) in [6.45, 7) is 5.96. The molecule has 2 unspecified atom stereocenters. The number of imidazole rings is 1. The average Bonchev–Trinajstić information content (AvgIpc) is 3.30. The van der Waals surface area contributed by atoms with Gasteiger partial charge in [-0.15, -0.1) is 0 Å². The second-order valence-electron chi connectivity index (χ2n) is 13.4. The van der Waals surface area contributed by atoms with Crippen LogP contribution in [0.3, 0.4) is 0 Å². The number of piperazine rings is 1. The fourth-order valence-electron chi connectivity index (χ4n) is 8.11. The molecule has 5 heterocycles. The summed E-state index contributed by atoms with van der Waals surface area (Å²) in [6.07, 6.45) is 2.82. The Morgan fingerprint density at radius 2 is 1.57 bits per heavy atom. The van der Waals surface area contributed by atoms with Gasteiger partial charge >= 0.3 is 5.69 Å². The highest BCUT2D eigenvalue weighted by Gasteiger charge is 2.48. The largest absolute Gasteiger partial charge is 0.369 e. The van der Waals surface area contributed by atoms with E-state index in [1.807, 2.05) is 58.3 Å². The summed E-state index contributed by atoms with van der Waals surface area (Å²) in [5, 5.41) is 2.36. The first-order valence-corrected chi connectivity index (χ1v) is 16.6. The van der Waals surface area contributed by atoms with E-state index >= 15 is 8.78 Å². The van der Waals surface area contributed by atoms with E-state index in [1.165, 1.54) is 4.57 Å². The molecule has 0 bridgehead atoms. The van der Waals surface area contributed by atoms with Gasteiger partial charge < -0.3 is 4.90 Å². The topological polar surface area (TPSA) is 86.1 Å². The number of carbonyl (C=O) groups excluding carboxylic acids is 2. The lowest BCUT2D eigenvalue weighted by atomic mass is 9.94. The number of hydrogen-bond donors (Lipinski definition) is 1. The highest BCUT2D eigenvalue weighted by molar-refractivity contribution is 6.00. The molecule has 2 aromatic carbocycles. The quantitative estimate of drug-likeness (QED) is 0.417. The molecule has 10 nitrogen and oxygen atoms in total. The van der Waals surface area contributed by atoms with Crippen LogP contribution < -0.4 is 15.9 Å². The van der Waals surface area contributed by atoms with Crippen molar-refractivity contribution in [3.05, 3.63) is 64.6 Å². The maximum absolute atomic E-state index is 15.4. The van der Waals surface area contributed by atoms with E-state index in [4.69, 9.17) is 0 Å². The Hall–Kier alpha value is -3.61. The molecule has 4 aliphatic heterocycles. The van der Waals surface area contributed by atoms with E-state index in [0.29, 0.717) is 50.6 Å². The van der Waals surface area contributed by atoms with Crippen molar-refractivity contribution in [2.24, 2.45) is 7.05 Å². The second-order valence-corrected chi connectivity index (χ2v) is 13.4. The van der Waals surface area contributed by atoms with Crippen LogP contribution in [0, 0.1) is 0 Å². The number of likely N-dealkylation sites (tertiary alicyclic amines) is 2. The molecule has 12 heteroatoms. The van der Waals surface area contributed by atoms with Gasteiger partial charge in [0.2, 0.25) is 11.8 Å². The highest BCUT2D eigenvalue weighted by Crippen LogP contribution is 2.34. The monoisotopic (exact) mass is 635 g/mol. The van der Waals surface area contributed by atoms with E-state index in [9.17, 15) is 14.4 Å². The smallest absolute Gasteiger partial charge is 0.329 e. The lowest BCUT2D eigenvalue weighted by Gasteiger charge is -2.48. The van der Waals surface area contributed by atoms with Crippen molar-refractivity contribution in [3.63, 3.8) is 0 Å². The third-order valence-electron chi connectivity index (χ3n) is 10.6. The summed E-state index contributed by atoms with van der Waals surface area (Å²) in [6, 6.07) is 14.8. The van der Waals surface area contributed by atoms with Gasteiger partial charge in [-0.25, -0.2) is 13.6 Å². The van der Waals surface area contributed by atoms with Crippen LogP contribution in [0.5, 0.6) is 0 Å². The summed E-state index contributed by atoms with van der Waals surface area (Å²) in [5.74, 6) is -3.47. The number of aryl methyl sites for hydroxylation is 1. The Morgan fingerprint density at radius 1 is 0.826 bits per heavy atom. The second kappa shape index (κ2) is 12.5. The predicted molar refractivity (Wildman–Crippen MR) is 172 cm³/mol. The van der Waals surface area contributed by atoms with Crippen molar-refractivity contribution in [2.75, 3.05) is 57.3 Å². The number of nitrogens with one attached hydrogen (secondary N) is 1. The van der Waals surface area contributed by atoms with Gasteiger partial charge in [0.15, 0.2) is 0 Å². The number of benzene rings is 2. The van der Waals surface area contributed by atoms with Gasteiger partial charge in [0.1, 0.15) is 6.04 Å². The van der Waals surface area contributed by atoms with Crippen molar-refractivity contribution in [1.82, 2.24) is 29.2 Å². The fraction of sp³-hybridized carbons (Fsp3) is 0.559. The minimum Gasteiger partial charge on any atom is -0.369 e. The number of imide groups is 1. The van der Waals surface area contributed by atoms with Crippen LogP contribution in [0.1, 0.15) is 43.7 Å². The molecule has 46 heavy (non-hydrogen) atoms. The molecular weight excluding hydrogens is 592 g/mol. The fourth-order valence-corrected chi connectivity index (χ4v) is 8.11. The van der Waals surface area contributed by atoms with Crippen LogP contribution in [0.2, 0.25) is 0 Å². The Balaban J connectivity index is 0.932. The number of amides is 2. The van der Waals surface area contributed by atoms with E-state index in [-0.39, 0.29) is 24.6 Å². The zero-order valence-electron chi connectivity index (χ0n) is 26.4. The first-order valence-electron chi connectivity index (χ1n) is 16.6. The summed E-state index contributed by atoms with van der Waals surface area (Å²) in [4.78, 5) is 46.1. The van der Waals surface area contributed by atoms with Gasteiger partial charge in [-0.2, -0.15) is 0 Å². The maximum atomic E-state index is 15.4. The zero-order chi connectivity index (χ0) is 32.0. The Morgan fingerprint density at radius 3 is 2.26 bits per heavy atom. The van der Waals surface area contributed by atoms with Crippen molar-refractivity contribution in [2.45, 2.75) is 62.7 Å². The van der Waals surface area contributed by atoms with Crippen molar-refractivity contribution >= 4 is 28.5 Å².